The van der Waals surface area contributed by atoms with E-state index in [1.807, 2.05) is 0 Å². The van der Waals surface area contributed by atoms with E-state index in [0.717, 1.165) is 30.4 Å². The molecule has 1 aliphatic heterocycles. The molecule has 2 N–H and O–H groups in total. The summed E-state index contributed by atoms with van der Waals surface area (Å²) >= 11 is 0. The third-order valence-electron chi connectivity index (χ3n) is 8.14. The summed E-state index contributed by atoms with van der Waals surface area (Å²) in [7, 11) is 2.16. The molecule has 1 fully saturated rings. The van der Waals surface area contributed by atoms with Crippen LogP contribution in [0.2, 0.25) is 0 Å². The monoisotopic (exact) mass is 503 g/mol. The molecule has 1 aliphatic rings. The average Bonchev–Trinajstić information content (AvgIpc) is 2.71. The Morgan fingerprint density at radius 1 is 1.03 bits per heavy atom. The van der Waals surface area contributed by atoms with Crippen LogP contribution in [0.3, 0.4) is 0 Å². The fraction of sp³-hybridized carbons (Fsp3) is 0.750. The van der Waals surface area contributed by atoms with Gasteiger partial charge in [-0.2, -0.15) is 0 Å². The van der Waals surface area contributed by atoms with E-state index >= 15 is 0 Å². The molecule has 0 radical (unpaired) electrons. The third-order valence-corrected chi connectivity index (χ3v) is 8.14. The van der Waals surface area contributed by atoms with Crippen LogP contribution < -0.4 is 0 Å². The van der Waals surface area contributed by atoms with Gasteiger partial charge in [-0.1, -0.05) is 72.2 Å². The zero-order chi connectivity index (χ0) is 28.3. The van der Waals surface area contributed by atoms with Crippen LogP contribution in [0, 0.1) is 5.92 Å². The minimum absolute atomic E-state index is 0.0566. The van der Waals surface area contributed by atoms with Gasteiger partial charge < -0.3 is 14.9 Å². The number of nitrogens with zero attached hydrogens (tertiary/aromatic N) is 1. The molecule has 208 valence electrons. The second kappa shape index (κ2) is 12.0. The Balaban J connectivity index is 0.000000397. The SMILES string of the molecule is CC=C(C)C(C)Cc1cc(C(C)(C)C)c(O)c(C(C)(C)C)c1.CN1C(C)(C)CC(OCO)CC1(C)C. The van der Waals surface area contributed by atoms with E-state index in [1.165, 1.54) is 11.1 Å². The highest BCUT2D eigenvalue weighted by atomic mass is 16.6. The van der Waals surface area contributed by atoms with Gasteiger partial charge in [-0.05, 0) is 101 Å². The number of phenols is 1. The number of aliphatic hydroxyl groups excluding tert-OH is 1. The molecule has 4 nitrogen and oxygen atoms in total. The van der Waals surface area contributed by atoms with Crippen LogP contribution in [0.4, 0.5) is 0 Å². The van der Waals surface area contributed by atoms with Gasteiger partial charge in [0.1, 0.15) is 12.5 Å². The summed E-state index contributed by atoms with van der Waals surface area (Å²) in [6.07, 6.45) is 5.35. The largest absolute Gasteiger partial charge is 0.507 e. The molecule has 1 aromatic carbocycles. The Hall–Kier alpha value is -1.36. The van der Waals surface area contributed by atoms with Crippen molar-refractivity contribution in [3.05, 3.63) is 40.5 Å². The average molecular weight is 504 g/mol. The number of hydrogen-bond acceptors (Lipinski definition) is 4. The van der Waals surface area contributed by atoms with Crippen LogP contribution in [-0.2, 0) is 22.0 Å². The fourth-order valence-corrected chi connectivity index (χ4v) is 5.26. The Kier molecular flexibility index (Phi) is 10.9. The van der Waals surface area contributed by atoms with Gasteiger partial charge in [0.05, 0.1) is 6.10 Å². The number of aliphatic hydroxyl groups is 1. The van der Waals surface area contributed by atoms with Gasteiger partial charge in [0.25, 0.3) is 0 Å². The molecule has 0 aliphatic carbocycles. The molecule has 1 unspecified atom stereocenters. The molecule has 1 aromatic rings. The molecule has 36 heavy (non-hydrogen) atoms. The minimum atomic E-state index is -0.166. The predicted octanol–water partition coefficient (Wildman–Crippen LogP) is 7.74. The van der Waals surface area contributed by atoms with E-state index in [2.05, 4.69) is 120 Å². The van der Waals surface area contributed by atoms with Crippen molar-refractivity contribution in [2.24, 2.45) is 5.92 Å². The van der Waals surface area contributed by atoms with Crippen LogP contribution in [0.5, 0.6) is 5.75 Å². The molecule has 1 atom stereocenters. The summed E-state index contributed by atoms with van der Waals surface area (Å²) in [5.41, 5.74) is 5.02. The van der Waals surface area contributed by atoms with Gasteiger partial charge >= 0.3 is 0 Å². The first kappa shape index (κ1) is 32.7. The number of rotatable bonds is 5. The normalized spacial score (nSPS) is 20.0. The number of hydrogen-bond donors (Lipinski definition) is 2. The molecular formula is C32H57NO3. The van der Waals surface area contributed by atoms with Crippen LogP contribution in [0.15, 0.2) is 23.8 Å². The lowest BCUT2D eigenvalue weighted by Crippen LogP contribution is -2.60. The first-order valence-corrected chi connectivity index (χ1v) is 13.6. The maximum absolute atomic E-state index is 10.8. The van der Waals surface area contributed by atoms with Crippen LogP contribution in [0.25, 0.3) is 0 Å². The quantitative estimate of drug-likeness (QED) is 0.319. The van der Waals surface area contributed by atoms with E-state index in [-0.39, 0.29) is 34.8 Å². The second-order valence-corrected chi connectivity index (χ2v) is 14.2. The van der Waals surface area contributed by atoms with Crippen molar-refractivity contribution < 1.29 is 14.9 Å². The van der Waals surface area contributed by atoms with Gasteiger partial charge in [0.15, 0.2) is 0 Å². The molecule has 1 saturated heterocycles. The molecule has 1 heterocycles. The maximum Gasteiger partial charge on any atom is 0.143 e. The Morgan fingerprint density at radius 3 is 1.78 bits per heavy atom. The molecule has 2 rings (SSSR count). The maximum atomic E-state index is 10.8. The number of ether oxygens (including phenoxy) is 1. The molecule has 0 spiro atoms. The van der Waals surface area contributed by atoms with E-state index < -0.39 is 0 Å². The molecule has 0 saturated carbocycles. The zero-order valence-corrected chi connectivity index (χ0v) is 26.0. The Morgan fingerprint density at radius 2 is 1.44 bits per heavy atom. The van der Waals surface area contributed by atoms with E-state index in [0.29, 0.717) is 11.7 Å². The lowest BCUT2D eigenvalue weighted by atomic mass is 9.77. The summed E-state index contributed by atoms with van der Waals surface area (Å²) < 4.78 is 5.33. The Labute approximate surface area is 223 Å². The minimum Gasteiger partial charge on any atom is -0.507 e. The smallest absolute Gasteiger partial charge is 0.143 e. The lowest BCUT2D eigenvalue weighted by Gasteiger charge is -2.53. The van der Waals surface area contributed by atoms with E-state index in [4.69, 9.17) is 9.84 Å². The van der Waals surface area contributed by atoms with E-state index in [9.17, 15) is 5.11 Å². The lowest BCUT2D eigenvalue weighted by molar-refractivity contribution is -0.126. The summed E-state index contributed by atoms with van der Waals surface area (Å²) in [5, 5.41) is 19.6. The standard InChI is InChI=1S/C21H34O.C11H23NO2/c1-10-14(2)15(3)11-16-12-17(20(4,5)6)19(22)18(13-16)21(7,8)9;1-10(2)6-9(14-8-13)7-11(3,4)12(10)5/h10,12-13,15,22H,11H2,1-9H3;9,13H,6-8H2,1-5H3. The van der Waals surface area contributed by atoms with E-state index in [1.54, 1.807) is 0 Å². The van der Waals surface area contributed by atoms with Crippen molar-refractivity contribution in [3.63, 3.8) is 0 Å². The molecule has 0 amide bonds. The number of benzene rings is 1. The molecule has 4 heteroatoms. The van der Waals surface area contributed by atoms with Gasteiger partial charge in [-0.25, -0.2) is 0 Å². The van der Waals surface area contributed by atoms with Crippen molar-refractivity contribution in [3.8, 4) is 5.75 Å². The van der Waals surface area contributed by atoms with Gasteiger partial charge in [-0.3, -0.25) is 4.90 Å². The highest BCUT2D eigenvalue weighted by molar-refractivity contribution is 5.50. The van der Waals surface area contributed by atoms with Crippen LogP contribution in [0.1, 0.15) is 120 Å². The van der Waals surface area contributed by atoms with Crippen LogP contribution >= 0.6 is 0 Å². The van der Waals surface area contributed by atoms with Crippen molar-refractivity contribution in [1.82, 2.24) is 4.90 Å². The van der Waals surface area contributed by atoms with Gasteiger partial charge in [-0.15, -0.1) is 0 Å². The number of likely N-dealkylation sites (tertiary alicyclic amines) is 1. The van der Waals surface area contributed by atoms with Gasteiger partial charge in [0.2, 0.25) is 0 Å². The van der Waals surface area contributed by atoms with Crippen LogP contribution in [-0.4, -0.2) is 46.1 Å². The number of aromatic hydroxyl groups is 1. The van der Waals surface area contributed by atoms with Gasteiger partial charge in [0, 0.05) is 11.1 Å². The number of allylic oxidation sites excluding steroid dienone is 2. The topological polar surface area (TPSA) is 52.9 Å². The summed E-state index contributed by atoms with van der Waals surface area (Å²) in [6.45, 7) is 28.3. The number of piperidine rings is 1. The predicted molar refractivity (Wildman–Crippen MR) is 155 cm³/mol. The first-order chi connectivity index (χ1) is 16.2. The molecular weight excluding hydrogens is 446 g/mol. The second-order valence-electron chi connectivity index (χ2n) is 14.2. The highest BCUT2D eigenvalue weighted by Gasteiger charge is 2.43. The Bertz CT molecular complexity index is 831. The molecule has 0 aromatic heterocycles. The summed E-state index contributed by atoms with van der Waals surface area (Å²) in [6, 6.07) is 4.40. The molecule has 0 bridgehead atoms. The van der Waals surface area contributed by atoms with Crippen molar-refractivity contribution in [2.75, 3.05) is 13.8 Å². The first-order valence-electron chi connectivity index (χ1n) is 13.6. The fourth-order valence-electron chi connectivity index (χ4n) is 5.26. The van der Waals surface area contributed by atoms with Crippen molar-refractivity contribution in [2.45, 2.75) is 137 Å². The zero-order valence-electron chi connectivity index (χ0n) is 26.0. The summed E-state index contributed by atoms with van der Waals surface area (Å²) in [5.74, 6) is 0.995. The summed E-state index contributed by atoms with van der Waals surface area (Å²) in [4.78, 5) is 2.40. The highest BCUT2D eigenvalue weighted by Crippen LogP contribution is 2.40. The van der Waals surface area contributed by atoms with Crippen molar-refractivity contribution in [1.29, 1.82) is 0 Å². The number of phenolic OH excluding ortho intramolecular Hbond substituents is 1. The third kappa shape index (κ3) is 8.60. The van der Waals surface area contributed by atoms with Crippen molar-refractivity contribution >= 4 is 0 Å².